The number of allylic oxidation sites excluding steroid dienone is 1. The molecule has 2 unspecified atom stereocenters. The molecule has 1 aliphatic heterocycles. The van der Waals surface area contributed by atoms with Crippen LogP contribution in [0.4, 0.5) is 0 Å². The summed E-state index contributed by atoms with van der Waals surface area (Å²) in [5, 5.41) is 0. The monoisotopic (exact) mass is 208 g/mol. The minimum absolute atomic E-state index is 0.0153. The van der Waals surface area contributed by atoms with E-state index in [1.54, 1.807) is 0 Å². The topological polar surface area (TPSA) is 26.3 Å². The first-order valence-corrected chi connectivity index (χ1v) is 6.08. The van der Waals surface area contributed by atoms with Gasteiger partial charge in [0.15, 0.2) is 0 Å². The fourth-order valence-corrected chi connectivity index (χ4v) is 2.53. The van der Waals surface area contributed by atoms with Crippen LogP contribution in [0.3, 0.4) is 0 Å². The normalized spacial score (nSPS) is 31.7. The summed E-state index contributed by atoms with van der Waals surface area (Å²) in [6.07, 6.45) is 8.12. The molecule has 2 nitrogen and oxygen atoms in total. The Kier molecular flexibility index (Phi) is 3.13. The van der Waals surface area contributed by atoms with Crippen LogP contribution in [0.5, 0.6) is 0 Å². The van der Waals surface area contributed by atoms with Gasteiger partial charge in [0.1, 0.15) is 6.10 Å². The van der Waals surface area contributed by atoms with E-state index in [0.717, 1.165) is 19.3 Å². The molecule has 0 aromatic heterocycles. The van der Waals surface area contributed by atoms with Gasteiger partial charge in [0, 0.05) is 6.42 Å². The Hall–Kier alpha value is -0.790. The highest BCUT2D eigenvalue weighted by Gasteiger charge is 2.37. The second kappa shape index (κ2) is 4.38. The number of rotatable bonds is 2. The minimum atomic E-state index is 0.0153. The largest absolute Gasteiger partial charge is 0.458 e. The van der Waals surface area contributed by atoms with Crippen molar-refractivity contribution in [3.05, 3.63) is 11.6 Å². The van der Waals surface area contributed by atoms with Crippen LogP contribution >= 0.6 is 0 Å². The van der Waals surface area contributed by atoms with Crippen LogP contribution in [0.2, 0.25) is 0 Å². The van der Waals surface area contributed by atoms with Gasteiger partial charge in [0.2, 0.25) is 0 Å². The van der Waals surface area contributed by atoms with Crippen molar-refractivity contribution < 1.29 is 9.53 Å². The molecule has 0 N–H and O–H groups in total. The first kappa shape index (κ1) is 10.7. The van der Waals surface area contributed by atoms with E-state index in [-0.39, 0.29) is 18.0 Å². The zero-order valence-electron chi connectivity index (χ0n) is 9.66. The number of cyclic esters (lactones) is 1. The Bertz CT molecular complexity index is 278. The van der Waals surface area contributed by atoms with Gasteiger partial charge >= 0.3 is 5.97 Å². The molecule has 1 heterocycles. The molecule has 15 heavy (non-hydrogen) atoms. The van der Waals surface area contributed by atoms with E-state index in [1.165, 1.54) is 18.4 Å². The van der Waals surface area contributed by atoms with Crippen LogP contribution in [0, 0.1) is 11.8 Å². The van der Waals surface area contributed by atoms with Crippen molar-refractivity contribution in [2.45, 2.75) is 52.1 Å². The van der Waals surface area contributed by atoms with Gasteiger partial charge in [-0.1, -0.05) is 19.9 Å². The molecule has 0 amide bonds. The van der Waals surface area contributed by atoms with Crippen LogP contribution in [-0.4, -0.2) is 12.1 Å². The lowest BCUT2D eigenvalue weighted by Gasteiger charge is -2.17. The summed E-state index contributed by atoms with van der Waals surface area (Å²) in [5.41, 5.74) is 1.37. The summed E-state index contributed by atoms with van der Waals surface area (Å²) in [6.45, 7) is 4.20. The third-order valence-corrected chi connectivity index (χ3v) is 3.57. The number of ether oxygens (including phenoxy) is 1. The summed E-state index contributed by atoms with van der Waals surface area (Å²) in [7, 11) is 0. The number of carbonyl (C=O) groups excluding carboxylic acids is 1. The molecule has 2 aliphatic rings. The van der Waals surface area contributed by atoms with Crippen molar-refractivity contribution in [2.75, 3.05) is 0 Å². The fraction of sp³-hybridized carbons (Fsp3) is 0.769. The molecule has 84 valence electrons. The van der Waals surface area contributed by atoms with Crippen LogP contribution in [0.1, 0.15) is 46.0 Å². The molecular formula is C13H20O2. The molecular weight excluding hydrogens is 188 g/mol. The fourth-order valence-electron chi connectivity index (χ4n) is 2.53. The molecule has 2 rings (SSSR count). The predicted octanol–water partition coefficient (Wildman–Crippen LogP) is 3.07. The lowest BCUT2D eigenvalue weighted by Crippen LogP contribution is -2.13. The Balaban J connectivity index is 2.02. The van der Waals surface area contributed by atoms with Crippen LogP contribution in [0.25, 0.3) is 0 Å². The van der Waals surface area contributed by atoms with Gasteiger partial charge in [-0.15, -0.1) is 0 Å². The average Bonchev–Trinajstić information content (AvgIpc) is 2.62. The van der Waals surface area contributed by atoms with Gasteiger partial charge in [-0.25, -0.2) is 0 Å². The lowest BCUT2D eigenvalue weighted by molar-refractivity contribution is -0.144. The first-order chi connectivity index (χ1) is 7.18. The number of hydrogen-bond donors (Lipinski definition) is 0. The highest BCUT2D eigenvalue weighted by atomic mass is 16.6. The summed E-state index contributed by atoms with van der Waals surface area (Å²) < 4.78 is 5.47. The molecule has 0 aromatic rings. The zero-order valence-corrected chi connectivity index (χ0v) is 9.66. The maximum Gasteiger partial charge on any atom is 0.309 e. The maximum absolute atomic E-state index is 11.6. The molecule has 0 saturated carbocycles. The lowest BCUT2D eigenvalue weighted by atomic mass is 9.88. The highest BCUT2D eigenvalue weighted by molar-refractivity contribution is 5.75. The smallest absolute Gasteiger partial charge is 0.309 e. The maximum atomic E-state index is 11.6. The van der Waals surface area contributed by atoms with Gasteiger partial charge < -0.3 is 4.74 Å². The van der Waals surface area contributed by atoms with Crippen LogP contribution < -0.4 is 0 Å². The van der Waals surface area contributed by atoms with E-state index in [9.17, 15) is 4.79 Å². The summed E-state index contributed by atoms with van der Waals surface area (Å²) in [5.74, 6) is 0.547. The Morgan fingerprint density at radius 1 is 1.40 bits per heavy atom. The summed E-state index contributed by atoms with van der Waals surface area (Å²) in [4.78, 5) is 11.6. The molecule has 1 fully saturated rings. The van der Waals surface area contributed by atoms with Gasteiger partial charge in [-0.2, -0.15) is 0 Å². The number of esters is 1. The van der Waals surface area contributed by atoms with Crippen LogP contribution in [-0.2, 0) is 9.53 Å². The first-order valence-electron chi connectivity index (χ1n) is 6.08. The van der Waals surface area contributed by atoms with E-state index in [4.69, 9.17) is 4.74 Å². The quantitative estimate of drug-likeness (QED) is 0.515. The van der Waals surface area contributed by atoms with Crippen molar-refractivity contribution in [1.82, 2.24) is 0 Å². The zero-order chi connectivity index (χ0) is 10.8. The Labute approximate surface area is 91.7 Å². The Morgan fingerprint density at radius 2 is 2.20 bits per heavy atom. The third-order valence-electron chi connectivity index (χ3n) is 3.57. The Morgan fingerprint density at radius 3 is 2.73 bits per heavy atom. The molecule has 2 heteroatoms. The number of carbonyl (C=O) groups is 1. The van der Waals surface area contributed by atoms with Crippen molar-refractivity contribution in [1.29, 1.82) is 0 Å². The van der Waals surface area contributed by atoms with E-state index < -0.39 is 0 Å². The van der Waals surface area contributed by atoms with E-state index >= 15 is 0 Å². The molecule has 0 bridgehead atoms. The van der Waals surface area contributed by atoms with Crippen LogP contribution in [0.15, 0.2) is 11.6 Å². The molecule has 0 radical (unpaired) electrons. The molecule has 0 spiro atoms. The molecule has 1 aliphatic carbocycles. The van der Waals surface area contributed by atoms with Crippen molar-refractivity contribution >= 4 is 5.97 Å². The third kappa shape index (κ3) is 2.24. The van der Waals surface area contributed by atoms with Crippen molar-refractivity contribution in [3.63, 3.8) is 0 Å². The second-order valence-electron chi connectivity index (χ2n) is 5.04. The standard InChI is InChI=1S/C13H20O2/c1-9(2)11-8-12(15-13(11)14)10-6-4-3-5-7-10/h6,9,11-12H,3-5,7-8H2,1-2H3. The molecule has 1 saturated heterocycles. The number of hydrogen-bond acceptors (Lipinski definition) is 2. The predicted molar refractivity (Wildman–Crippen MR) is 59.4 cm³/mol. The van der Waals surface area contributed by atoms with E-state index in [0.29, 0.717) is 5.92 Å². The summed E-state index contributed by atoms with van der Waals surface area (Å²) in [6, 6.07) is 0. The van der Waals surface area contributed by atoms with Gasteiger partial charge in [0.25, 0.3) is 0 Å². The van der Waals surface area contributed by atoms with Gasteiger partial charge in [0.05, 0.1) is 5.92 Å². The van der Waals surface area contributed by atoms with E-state index in [1.807, 2.05) is 0 Å². The van der Waals surface area contributed by atoms with Crippen molar-refractivity contribution in [2.24, 2.45) is 11.8 Å². The highest BCUT2D eigenvalue weighted by Crippen LogP contribution is 2.34. The second-order valence-corrected chi connectivity index (χ2v) is 5.04. The average molecular weight is 208 g/mol. The molecule has 2 atom stereocenters. The van der Waals surface area contributed by atoms with Crippen molar-refractivity contribution in [3.8, 4) is 0 Å². The summed E-state index contributed by atoms with van der Waals surface area (Å²) >= 11 is 0. The molecule has 0 aromatic carbocycles. The van der Waals surface area contributed by atoms with E-state index in [2.05, 4.69) is 19.9 Å². The van der Waals surface area contributed by atoms with Gasteiger partial charge in [-0.05, 0) is 37.2 Å². The van der Waals surface area contributed by atoms with Gasteiger partial charge in [-0.3, -0.25) is 4.79 Å². The minimum Gasteiger partial charge on any atom is -0.458 e. The SMILES string of the molecule is CC(C)C1CC(C2=CCCCC2)OC1=O.